The highest BCUT2D eigenvalue weighted by Gasteiger charge is 2.67. The first-order valence-corrected chi connectivity index (χ1v) is 16.6. The number of amides is 1. The largest absolute Gasteiger partial charge is 0.463 e. The Bertz CT molecular complexity index is 1520. The Morgan fingerprint density at radius 2 is 1.25 bits per heavy atom. The van der Waals surface area contributed by atoms with Crippen LogP contribution < -0.4 is 5.32 Å². The highest BCUT2D eigenvalue weighted by molar-refractivity contribution is 5.73. The average molecular weight is 732 g/mol. The Morgan fingerprint density at radius 3 is 1.79 bits per heavy atom. The number of rotatable bonds is 14. The van der Waals surface area contributed by atoms with Gasteiger partial charge in [-0.25, -0.2) is 0 Å². The molecule has 0 aliphatic carbocycles. The van der Waals surface area contributed by atoms with Crippen LogP contribution in [0.3, 0.4) is 0 Å². The second-order valence-electron chi connectivity index (χ2n) is 12.5. The van der Waals surface area contributed by atoms with Crippen LogP contribution in [0.4, 0.5) is 0 Å². The molecule has 16 heteroatoms. The predicted molar refractivity (Wildman–Crippen MR) is 177 cm³/mol. The van der Waals surface area contributed by atoms with Crippen LogP contribution in [0.1, 0.15) is 45.7 Å². The van der Waals surface area contributed by atoms with Gasteiger partial charge in [0.25, 0.3) is 0 Å². The summed E-state index contributed by atoms with van der Waals surface area (Å²) in [5.74, 6) is -4.04. The summed E-state index contributed by atoms with van der Waals surface area (Å²) in [5, 5.41) is 27.6. The molecule has 3 N–H and O–H groups in total. The molecule has 284 valence electrons. The lowest BCUT2D eigenvalue weighted by Gasteiger charge is -2.56. The third-order valence-corrected chi connectivity index (χ3v) is 8.38. The summed E-state index contributed by atoms with van der Waals surface area (Å²) in [4.78, 5) is 61.8. The Morgan fingerprint density at radius 1 is 0.712 bits per heavy atom. The van der Waals surface area contributed by atoms with Crippen molar-refractivity contribution in [3.05, 3.63) is 71.8 Å². The molecule has 2 aliphatic rings. The van der Waals surface area contributed by atoms with Gasteiger partial charge < -0.3 is 53.4 Å². The smallest absolute Gasteiger partial charge is 0.303 e. The van der Waals surface area contributed by atoms with Crippen molar-refractivity contribution in [1.82, 2.24) is 5.32 Å². The maximum Gasteiger partial charge on any atom is 0.303 e. The highest BCUT2D eigenvalue weighted by Crippen LogP contribution is 2.42. The van der Waals surface area contributed by atoms with Gasteiger partial charge in [-0.05, 0) is 11.1 Å². The zero-order valence-corrected chi connectivity index (χ0v) is 29.5. The normalized spacial score (nSPS) is 30.0. The number of carbonyl (C=O) groups is 5. The maximum atomic E-state index is 12.9. The van der Waals surface area contributed by atoms with Crippen LogP contribution in [0, 0.1) is 0 Å². The molecule has 52 heavy (non-hydrogen) atoms. The zero-order chi connectivity index (χ0) is 38.0. The molecule has 10 atom stereocenters. The third-order valence-electron chi connectivity index (χ3n) is 8.38. The van der Waals surface area contributed by atoms with Crippen molar-refractivity contribution in [2.45, 2.75) is 108 Å². The van der Waals surface area contributed by atoms with E-state index < -0.39 is 104 Å². The Labute approximate surface area is 300 Å². The quantitative estimate of drug-likeness (QED) is 0.182. The van der Waals surface area contributed by atoms with E-state index in [1.807, 2.05) is 12.1 Å². The molecule has 2 saturated heterocycles. The number of nitrogens with one attached hydrogen (secondary N) is 1. The van der Waals surface area contributed by atoms with Crippen molar-refractivity contribution in [2.75, 3.05) is 13.2 Å². The van der Waals surface area contributed by atoms with Crippen molar-refractivity contribution < 1.29 is 72.1 Å². The fourth-order valence-electron chi connectivity index (χ4n) is 6.24. The standard InChI is InChI=1S/C36H45NO15/c1-20(38)37-29-33(43)36(44,28(19-45-16-25-12-8-6-9-13-25)52-35(29)47-17-26-14-10-7-11-15-26)34-32(50-24(5)42)31(49-23(4)41)30(48-22(3)40)27(51-34)18-46-21(2)39/h6-15,27-35,43-44H,16-19H2,1-5H3,(H,37,38)/t27-,28-,29-,30+,31+,32-,33-,34-,35+,36-/m1/s1. The van der Waals surface area contributed by atoms with Crippen LogP contribution in [0.25, 0.3) is 0 Å². The van der Waals surface area contributed by atoms with Gasteiger partial charge in [-0.15, -0.1) is 0 Å². The van der Waals surface area contributed by atoms with E-state index in [-0.39, 0.29) is 13.2 Å². The molecule has 2 fully saturated rings. The maximum absolute atomic E-state index is 12.9. The van der Waals surface area contributed by atoms with Crippen LogP contribution in [0.2, 0.25) is 0 Å². The average Bonchev–Trinajstić information content (AvgIpc) is 3.08. The summed E-state index contributed by atoms with van der Waals surface area (Å²) in [6, 6.07) is 16.6. The molecule has 0 spiro atoms. The number of aliphatic hydroxyl groups excluding tert-OH is 1. The molecular weight excluding hydrogens is 686 g/mol. The van der Waals surface area contributed by atoms with E-state index in [9.17, 15) is 34.2 Å². The minimum Gasteiger partial charge on any atom is -0.463 e. The molecule has 2 aromatic carbocycles. The molecule has 0 radical (unpaired) electrons. The molecule has 2 aromatic rings. The van der Waals surface area contributed by atoms with Gasteiger partial charge in [-0.1, -0.05) is 60.7 Å². The molecule has 0 unspecified atom stereocenters. The summed E-state index contributed by atoms with van der Waals surface area (Å²) in [5.41, 5.74) is -1.17. The predicted octanol–water partition coefficient (Wildman–Crippen LogP) is 0.867. The lowest BCUT2D eigenvalue weighted by molar-refractivity contribution is -0.359. The number of carbonyl (C=O) groups excluding carboxylic acids is 5. The molecule has 0 bridgehead atoms. The number of aliphatic hydroxyl groups is 2. The second-order valence-corrected chi connectivity index (χ2v) is 12.5. The fraction of sp³-hybridized carbons (Fsp3) is 0.528. The van der Waals surface area contributed by atoms with Crippen molar-refractivity contribution in [1.29, 1.82) is 0 Å². The second kappa shape index (κ2) is 18.3. The molecule has 2 heterocycles. The van der Waals surface area contributed by atoms with Gasteiger partial charge in [-0.3, -0.25) is 24.0 Å². The van der Waals surface area contributed by atoms with Crippen LogP contribution in [-0.2, 0) is 75.1 Å². The molecule has 2 aliphatic heterocycles. The molecule has 4 rings (SSSR count). The summed E-state index contributed by atoms with van der Waals surface area (Å²) >= 11 is 0. The van der Waals surface area contributed by atoms with Crippen molar-refractivity contribution in [2.24, 2.45) is 0 Å². The summed E-state index contributed by atoms with van der Waals surface area (Å²) in [6.07, 6.45) is -13.3. The van der Waals surface area contributed by atoms with Crippen molar-refractivity contribution >= 4 is 29.8 Å². The van der Waals surface area contributed by atoms with E-state index in [1.54, 1.807) is 48.5 Å². The van der Waals surface area contributed by atoms with E-state index >= 15 is 0 Å². The number of esters is 4. The lowest BCUT2D eigenvalue weighted by atomic mass is 9.74. The first kappa shape index (κ1) is 40.3. The number of hydrogen-bond donors (Lipinski definition) is 3. The first-order chi connectivity index (χ1) is 24.7. The summed E-state index contributed by atoms with van der Waals surface area (Å²) in [6.45, 7) is 4.47. The van der Waals surface area contributed by atoms with E-state index in [4.69, 9.17) is 37.9 Å². The Kier molecular flexibility index (Phi) is 14.2. The van der Waals surface area contributed by atoms with Gasteiger partial charge in [-0.2, -0.15) is 0 Å². The Balaban J connectivity index is 1.83. The van der Waals surface area contributed by atoms with E-state index in [0.29, 0.717) is 0 Å². The molecule has 0 aromatic heterocycles. The molecule has 0 saturated carbocycles. The van der Waals surface area contributed by atoms with E-state index in [0.717, 1.165) is 38.8 Å². The van der Waals surface area contributed by atoms with Gasteiger partial charge in [0.1, 0.15) is 37.1 Å². The SMILES string of the molecule is CC(=O)N[C@H]1[C@@H](OCc2ccccc2)O[C@H](COCc2ccccc2)[C@](O)([C@@H]2O[C@H](COC(C)=O)[C@H](OC(C)=O)[C@H](OC(C)=O)[C@H]2OC(C)=O)[C@@H]1O. The highest BCUT2D eigenvalue weighted by atomic mass is 16.7. The zero-order valence-electron chi connectivity index (χ0n) is 29.5. The van der Waals surface area contributed by atoms with E-state index in [1.165, 1.54) is 6.92 Å². The number of ether oxygens (including phenoxy) is 8. The molecule has 16 nitrogen and oxygen atoms in total. The van der Waals surface area contributed by atoms with Gasteiger partial charge in [0.05, 0.1) is 19.8 Å². The monoisotopic (exact) mass is 731 g/mol. The third kappa shape index (κ3) is 10.3. The number of benzene rings is 2. The molecular formula is C36H45NO15. The lowest BCUT2D eigenvalue weighted by Crippen LogP contribution is -2.79. The minimum atomic E-state index is -2.68. The Hall–Kier alpha value is -4.45. The van der Waals surface area contributed by atoms with Crippen LogP contribution in [0.5, 0.6) is 0 Å². The minimum absolute atomic E-state index is 0.0244. The summed E-state index contributed by atoms with van der Waals surface area (Å²) < 4.78 is 46.5. The van der Waals surface area contributed by atoms with Crippen molar-refractivity contribution in [3.8, 4) is 0 Å². The van der Waals surface area contributed by atoms with Crippen LogP contribution in [0.15, 0.2) is 60.7 Å². The van der Waals surface area contributed by atoms with Crippen LogP contribution in [-0.4, -0.2) is 114 Å². The number of hydrogen-bond acceptors (Lipinski definition) is 15. The van der Waals surface area contributed by atoms with Gasteiger partial charge in [0.15, 0.2) is 30.2 Å². The molecule has 1 amide bonds. The van der Waals surface area contributed by atoms with Gasteiger partial charge >= 0.3 is 23.9 Å². The van der Waals surface area contributed by atoms with Gasteiger partial charge in [0.2, 0.25) is 5.91 Å². The summed E-state index contributed by atoms with van der Waals surface area (Å²) in [7, 11) is 0. The first-order valence-electron chi connectivity index (χ1n) is 16.6. The van der Waals surface area contributed by atoms with Crippen molar-refractivity contribution in [3.63, 3.8) is 0 Å². The van der Waals surface area contributed by atoms with E-state index in [2.05, 4.69) is 5.32 Å². The fourth-order valence-corrected chi connectivity index (χ4v) is 6.24. The van der Waals surface area contributed by atoms with Crippen LogP contribution >= 0.6 is 0 Å². The topological polar surface area (TPSA) is 212 Å². The van der Waals surface area contributed by atoms with Gasteiger partial charge in [0, 0.05) is 34.6 Å².